The number of ether oxygens (including phenoxy) is 3. The number of carbonyl (C=O) groups is 6. The van der Waals surface area contributed by atoms with Gasteiger partial charge in [0, 0.05) is 68.1 Å². The van der Waals surface area contributed by atoms with E-state index in [2.05, 4.69) is 15.3 Å². The van der Waals surface area contributed by atoms with Gasteiger partial charge in [-0.05, 0) is 49.4 Å². The van der Waals surface area contributed by atoms with Gasteiger partial charge in [0.05, 0.1) is 39.0 Å². The Bertz CT molecular complexity index is 1730. The Kier molecular flexibility index (Phi) is 15.0. The van der Waals surface area contributed by atoms with Crippen molar-refractivity contribution in [3.05, 3.63) is 42.5 Å². The van der Waals surface area contributed by atoms with Crippen LogP contribution in [0.1, 0.15) is 122 Å². The zero-order valence-corrected chi connectivity index (χ0v) is 34.4. The maximum atomic E-state index is 15.0. The highest BCUT2D eigenvalue weighted by Crippen LogP contribution is 2.38. The van der Waals surface area contributed by atoms with E-state index in [1.807, 2.05) is 27.7 Å². The number of amides is 2. The number of aromatic nitrogens is 2. The van der Waals surface area contributed by atoms with Crippen molar-refractivity contribution >= 4 is 34.9 Å². The number of hydrogen-bond donors (Lipinski definition) is 1. The molecule has 3 aliphatic rings. The molecule has 2 saturated carbocycles. The predicted molar refractivity (Wildman–Crippen MR) is 212 cm³/mol. The normalized spacial score (nSPS) is 20.2. The zero-order valence-electron chi connectivity index (χ0n) is 34.4. The molecule has 1 aliphatic heterocycles. The first-order valence-electron chi connectivity index (χ1n) is 20.6. The summed E-state index contributed by atoms with van der Waals surface area (Å²) in [5, 5.41) is 2.95. The van der Waals surface area contributed by atoms with Gasteiger partial charge in [0.2, 0.25) is 11.7 Å². The third-order valence-electron chi connectivity index (χ3n) is 11.7. The second-order valence-corrected chi connectivity index (χ2v) is 17.2. The van der Waals surface area contributed by atoms with Crippen LogP contribution in [0.5, 0.6) is 17.2 Å². The number of rotatable bonds is 20. The summed E-state index contributed by atoms with van der Waals surface area (Å²) in [4.78, 5) is 93.1. The van der Waals surface area contributed by atoms with Crippen molar-refractivity contribution in [2.45, 2.75) is 129 Å². The van der Waals surface area contributed by atoms with Crippen molar-refractivity contribution in [1.29, 1.82) is 0 Å². The SMILES string of the molecule is CCC[C@H](CC(=O)[C@@H]1C[C@@H](Oc2cc(OC)cc(OC)c2)CN1C(=O)[C@@H](CC(=O)[C@@H](NC(=O)c1cnccn1)C1CCCCC1)C(C)(C)C)C(=O)C(=O)CC1CC1. The number of nitrogens with one attached hydrogen (secondary N) is 1. The quantitative estimate of drug-likeness (QED) is 0.153. The Hall–Kier alpha value is -4.68. The van der Waals surface area contributed by atoms with Gasteiger partial charge in [0.1, 0.15) is 29.0 Å². The van der Waals surface area contributed by atoms with Crippen molar-refractivity contribution in [2.24, 2.45) is 29.1 Å². The molecule has 310 valence electrons. The third kappa shape index (κ3) is 11.7. The standard InChI is InChI=1S/C44H60N4O9/c1-7-11-29(41(52)39(51)18-27-14-15-27)19-37(49)36-23-33(57-32-21-30(55-5)20-31(22-32)56-6)26-48(36)43(54)34(44(2,3)4)24-38(50)40(28-12-9-8-10-13-28)47-42(53)35-25-45-16-17-46-35/h16-17,20-22,25,27-29,33-34,36,40H,7-15,18-19,23-24,26H2,1-6H3,(H,47,53)/t29-,33-,34-,36+,40+/m1/s1. The summed E-state index contributed by atoms with van der Waals surface area (Å²) in [5.41, 5.74) is -0.622. The summed E-state index contributed by atoms with van der Waals surface area (Å²) in [6, 6.07) is 3.32. The van der Waals surface area contributed by atoms with E-state index in [1.165, 1.54) is 37.7 Å². The molecular formula is C44H60N4O9. The largest absolute Gasteiger partial charge is 0.496 e. The zero-order chi connectivity index (χ0) is 41.3. The van der Waals surface area contributed by atoms with Gasteiger partial charge in [0.25, 0.3) is 5.91 Å². The monoisotopic (exact) mass is 788 g/mol. The molecule has 1 aromatic heterocycles. The van der Waals surface area contributed by atoms with Gasteiger partial charge in [-0.15, -0.1) is 0 Å². The van der Waals surface area contributed by atoms with E-state index in [1.54, 1.807) is 18.2 Å². The second-order valence-electron chi connectivity index (χ2n) is 17.2. The van der Waals surface area contributed by atoms with E-state index in [9.17, 15) is 28.8 Å². The van der Waals surface area contributed by atoms with Crippen LogP contribution in [0.25, 0.3) is 0 Å². The molecule has 0 unspecified atom stereocenters. The van der Waals surface area contributed by atoms with Gasteiger partial charge < -0.3 is 24.4 Å². The highest BCUT2D eigenvalue weighted by molar-refractivity contribution is 6.38. The molecule has 2 aromatic rings. The highest BCUT2D eigenvalue weighted by atomic mass is 16.5. The first-order valence-corrected chi connectivity index (χ1v) is 20.6. The van der Waals surface area contributed by atoms with Crippen LogP contribution in [0.3, 0.4) is 0 Å². The lowest BCUT2D eigenvalue weighted by Crippen LogP contribution is -2.51. The van der Waals surface area contributed by atoms with E-state index in [4.69, 9.17) is 14.2 Å². The molecule has 2 aliphatic carbocycles. The Labute approximate surface area is 336 Å². The molecule has 5 atom stereocenters. The van der Waals surface area contributed by atoms with Crippen LogP contribution < -0.4 is 19.5 Å². The van der Waals surface area contributed by atoms with Gasteiger partial charge in [0.15, 0.2) is 17.3 Å². The predicted octanol–water partition coefficient (Wildman–Crippen LogP) is 6.16. The Morgan fingerprint density at radius 2 is 1.56 bits per heavy atom. The number of Topliss-reactive ketones (excluding diaryl/α,β-unsaturated/α-hetero) is 4. The molecule has 1 aromatic carbocycles. The summed E-state index contributed by atoms with van der Waals surface area (Å²) in [5.74, 6) is -2.46. The van der Waals surface area contributed by atoms with Crippen molar-refractivity contribution < 1.29 is 43.0 Å². The van der Waals surface area contributed by atoms with E-state index in [0.717, 1.165) is 44.9 Å². The number of benzene rings is 1. The number of ketones is 4. The van der Waals surface area contributed by atoms with Gasteiger partial charge in [-0.2, -0.15) is 0 Å². The molecule has 1 saturated heterocycles. The maximum absolute atomic E-state index is 15.0. The van der Waals surface area contributed by atoms with Crippen molar-refractivity contribution in [3.8, 4) is 17.2 Å². The molecule has 57 heavy (non-hydrogen) atoms. The fraction of sp³-hybridized carbons (Fsp3) is 0.636. The lowest BCUT2D eigenvalue weighted by Gasteiger charge is -2.36. The molecule has 5 rings (SSSR count). The third-order valence-corrected chi connectivity index (χ3v) is 11.7. The molecule has 13 nitrogen and oxygen atoms in total. The summed E-state index contributed by atoms with van der Waals surface area (Å²) in [6.45, 7) is 7.64. The first-order chi connectivity index (χ1) is 27.2. The molecule has 3 fully saturated rings. The molecular weight excluding hydrogens is 729 g/mol. The van der Waals surface area contributed by atoms with Crippen LogP contribution in [0, 0.1) is 29.1 Å². The minimum atomic E-state index is -0.953. The molecule has 0 radical (unpaired) electrons. The maximum Gasteiger partial charge on any atom is 0.272 e. The molecule has 2 amide bonds. The Balaban J connectivity index is 1.42. The van der Waals surface area contributed by atoms with E-state index < -0.39 is 52.9 Å². The van der Waals surface area contributed by atoms with Crippen LogP contribution in [0.4, 0.5) is 0 Å². The summed E-state index contributed by atoms with van der Waals surface area (Å²) < 4.78 is 17.3. The minimum Gasteiger partial charge on any atom is -0.496 e. The lowest BCUT2D eigenvalue weighted by molar-refractivity contribution is -0.147. The topological polar surface area (TPSA) is 171 Å². The van der Waals surface area contributed by atoms with Crippen molar-refractivity contribution in [3.63, 3.8) is 0 Å². The van der Waals surface area contributed by atoms with Gasteiger partial charge in [-0.1, -0.05) is 53.4 Å². The molecule has 2 heterocycles. The fourth-order valence-electron chi connectivity index (χ4n) is 8.29. The van der Waals surface area contributed by atoms with Crippen LogP contribution in [-0.2, 0) is 24.0 Å². The fourth-order valence-corrected chi connectivity index (χ4v) is 8.29. The van der Waals surface area contributed by atoms with Gasteiger partial charge >= 0.3 is 0 Å². The van der Waals surface area contributed by atoms with E-state index in [0.29, 0.717) is 30.1 Å². The van der Waals surface area contributed by atoms with Crippen LogP contribution in [0.2, 0.25) is 0 Å². The smallest absolute Gasteiger partial charge is 0.272 e. The number of nitrogens with zero attached hydrogens (tertiary/aromatic N) is 3. The molecule has 0 spiro atoms. The van der Waals surface area contributed by atoms with Crippen molar-refractivity contribution in [2.75, 3.05) is 20.8 Å². The molecule has 13 heteroatoms. The lowest BCUT2D eigenvalue weighted by atomic mass is 9.74. The van der Waals surface area contributed by atoms with Gasteiger partial charge in [-0.3, -0.25) is 33.8 Å². The Morgan fingerprint density at radius 1 is 0.895 bits per heavy atom. The minimum absolute atomic E-state index is 0.0536. The highest BCUT2D eigenvalue weighted by Gasteiger charge is 2.47. The van der Waals surface area contributed by atoms with Crippen LogP contribution in [0.15, 0.2) is 36.8 Å². The number of hydrogen-bond acceptors (Lipinski definition) is 11. The van der Waals surface area contributed by atoms with Crippen LogP contribution >= 0.6 is 0 Å². The van der Waals surface area contributed by atoms with Crippen molar-refractivity contribution in [1.82, 2.24) is 20.2 Å². The summed E-state index contributed by atoms with van der Waals surface area (Å²) >= 11 is 0. The second kappa shape index (κ2) is 19.7. The summed E-state index contributed by atoms with van der Waals surface area (Å²) in [6.07, 6.45) is 11.0. The molecule has 1 N–H and O–H groups in total. The van der Waals surface area contributed by atoms with Gasteiger partial charge in [-0.25, -0.2) is 4.98 Å². The number of carbonyl (C=O) groups excluding carboxylic acids is 6. The number of methoxy groups -OCH3 is 2. The van der Waals surface area contributed by atoms with Crippen LogP contribution in [-0.4, -0.2) is 88.8 Å². The summed E-state index contributed by atoms with van der Waals surface area (Å²) in [7, 11) is 3.06. The van der Waals surface area contributed by atoms with E-state index >= 15 is 0 Å². The van der Waals surface area contributed by atoms with E-state index in [-0.39, 0.29) is 67.2 Å². The average Bonchev–Trinajstić information content (AvgIpc) is 3.93. The number of likely N-dealkylation sites (tertiary alicyclic amines) is 1. The Morgan fingerprint density at radius 3 is 2.14 bits per heavy atom. The average molecular weight is 789 g/mol. The first kappa shape index (κ1) is 43.4. The molecule has 0 bridgehead atoms.